The van der Waals surface area contributed by atoms with Crippen molar-refractivity contribution in [1.29, 1.82) is 0 Å². The Kier molecular flexibility index (Phi) is 3.33. The largest absolute Gasteiger partial charge is 0.459 e. The topological polar surface area (TPSA) is 29.5 Å². The van der Waals surface area contributed by atoms with Gasteiger partial charge in [0, 0.05) is 30.5 Å². The number of carbonyl (C=O) groups excluding carboxylic acids is 1. The summed E-state index contributed by atoms with van der Waals surface area (Å²) in [6, 6.07) is 1.25. The van der Waals surface area contributed by atoms with Gasteiger partial charge in [0.1, 0.15) is 6.10 Å². The molecule has 2 saturated heterocycles. The summed E-state index contributed by atoms with van der Waals surface area (Å²) in [6.07, 6.45) is 6.49. The van der Waals surface area contributed by atoms with Crippen LogP contribution in [0.1, 0.15) is 39.5 Å². The molecule has 0 radical (unpaired) electrons. The van der Waals surface area contributed by atoms with Gasteiger partial charge in [-0.05, 0) is 33.7 Å². The van der Waals surface area contributed by atoms with Crippen LogP contribution in [-0.4, -0.2) is 36.1 Å². The highest BCUT2D eigenvalue weighted by molar-refractivity contribution is 5.87. The molecule has 0 saturated carbocycles. The highest BCUT2D eigenvalue weighted by atomic mass is 16.5. The zero-order chi connectivity index (χ0) is 11.7. The Morgan fingerprint density at radius 3 is 2.38 bits per heavy atom. The van der Waals surface area contributed by atoms with Crippen LogP contribution in [0.15, 0.2) is 11.6 Å². The van der Waals surface area contributed by atoms with Crippen LogP contribution in [-0.2, 0) is 9.53 Å². The third-order valence-electron chi connectivity index (χ3n) is 4.08. The van der Waals surface area contributed by atoms with Crippen LogP contribution in [0, 0.1) is 0 Å². The van der Waals surface area contributed by atoms with E-state index in [4.69, 9.17) is 4.74 Å². The van der Waals surface area contributed by atoms with E-state index in [-0.39, 0.29) is 12.1 Å². The highest BCUT2D eigenvalue weighted by Crippen LogP contribution is 2.35. The van der Waals surface area contributed by atoms with Crippen LogP contribution in [0.3, 0.4) is 0 Å². The number of hydrogen-bond donors (Lipinski definition) is 0. The zero-order valence-corrected chi connectivity index (χ0v) is 10.4. The SMILES string of the molecule is C/C=C(\C)C(=O)OC1CC2CCC(C1)N2C. The molecule has 2 fully saturated rings. The Morgan fingerprint density at radius 2 is 1.88 bits per heavy atom. The second-order valence-electron chi connectivity index (χ2n) is 5.02. The van der Waals surface area contributed by atoms with E-state index in [1.54, 1.807) is 0 Å². The van der Waals surface area contributed by atoms with Crippen molar-refractivity contribution in [2.45, 2.75) is 57.7 Å². The quantitative estimate of drug-likeness (QED) is 0.530. The van der Waals surface area contributed by atoms with Crippen molar-refractivity contribution in [2.75, 3.05) is 7.05 Å². The third kappa shape index (κ3) is 2.14. The maximum Gasteiger partial charge on any atom is 0.333 e. The molecule has 2 heterocycles. The van der Waals surface area contributed by atoms with Gasteiger partial charge in [0.15, 0.2) is 0 Å². The minimum atomic E-state index is -0.142. The minimum Gasteiger partial charge on any atom is -0.459 e. The summed E-state index contributed by atoms with van der Waals surface area (Å²) in [7, 11) is 2.19. The third-order valence-corrected chi connectivity index (χ3v) is 4.08. The van der Waals surface area contributed by atoms with Gasteiger partial charge in [-0.25, -0.2) is 4.79 Å². The van der Waals surface area contributed by atoms with Crippen molar-refractivity contribution >= 4 is 5.97 Å². The van der Waals surface area contributed by atoms with Gasteiger partial charge in [-0.2, -0.15) is 0 Å². The van der Waals surface area contributed by atoms with Crippen molar-refractivity contribution in [3.05, 3.63) is 11.6 Å². The number of rotatable bonds is 2. The molecule has 3 heteroatoms. The van der Waals surface area contributed by atoms with E-state index < -0.39 is 0 Å². The first kappa shape index (κ1) is 11.6. The Hall–Kier alpha value is -0.830. The maximum absolute atomic E-state index is 11.7. The van der Waals surface area contributed by atoms with Crippen LogP contribution in [0.25, 0.3) is 0 Å². The number of ether oxygens (including phenoxy) is 1. The summed E-state index contributed by atoms with van der Waals surface area (Å²) >= 11 is 0. The van der Waals surface area contributed by atoms with Crippen molar-refractivity contribution in [2.24, 2.45) is 0 Å². The smallest absolute Gasteiger partial charge is 0.333 e. The monoisotopic (exact) mass is 223 g/mol. The summed E-state index contributed by atoms with van der Waals surface area (Å²) in [4.78, 5) is 14.1. The summed E-state index contributed by atoms with van der Waals surface area (Å²) < 4.78 is 5.54. The maximum atomic E-state index is 11.7. The predicted molar refractivity (Wildman–Crippen MR) is 63.1 cm³/mol. The lowest BCUT2D eigenvalue weighted by atomic mass is 10.0. The van der Waals surface area contributed by atoms with Gasteiger partial charge in [-0.15, -0.1) is 0 Å². The first-order valence-electron chi connectivity index (χ1n) is 6.17. The van der Waals surface area contributed by atoms with Crippen molar-refractivity contribution in [3.8, 4) is 0 Å². The first-order valence-corrected chi connectivity index (χ1v) is 6.17. The Bertz CT molecular complexity index is 297. The summed E-state index contributed by atoms with van der Waals surface area (Å²) in [5, 5.41) is 0. The molecule has 3 nitrogen and oxygen atoms in total. The summed E-state index contributed by atoms with van der Waals surface area (Å²) in [5.74, 6) is -0.142. The second kappa shape index (κ2) is 4.58. The number of piperidine rings is 1. The molecule has 0 aromatic rings. The molecule has 2 atom stereocenters. The van der Waals surface area contributed by atoms with Crippen LogP contribution in [0.2, 0.25) is 0 Å². The molecular weight excluding hydrogens is 202 g/mol. The van der Waals surface area contributed by atoms with Gasteiger partial charge in [0.25, 0.3) is 0 Å². The molecule has 0 spiro atoms. The van der Waals surface area contributed by atoms with Gasteiger partial charge < -0.3 is 9.64 Å². The van der Waals surface area contributed by atoms with Crippen LogP contribution in [0.5, 0.6) is 0 Å². The van der Waals surface area contributed by atoms with Gasteiger partial charge in [-0.3, -0.25) is 0 Å². The van der Waals surface area contributed by atoms with Gasteiger partial charge >= 0.3 is 5.97 Å². The Labute approximate surface area is 97.5 Å². The summed E-state index contributed by atoms with van der Waals surface area (Å²) in [5.41, 5.74) is 0.714. The molecule has 0 aromatic carbocycles. The molecule has 2 unspecified atom stereocenters. The van der Waals surface area contributed by atoms with Crippen LogP contribution in [0.4, 0.5) is 0 Å². The van der Waals surface area contributed by atoms with Gasteiger partial charge in [0.05, 0.1) is 0 Å². The standard InChI is InChI=1S/C13H21NO2/c1-4-9(2)13(15)16-12-7-10-5-6-11(8-12)14(10)3/h4,10-12H,5-8H2,1-3H3/b9-4+. The van der Waals surface area contributed by atoms with Crippen molar-refractivity contribution in [1.82, 2.24) is 4.90 Å². The molecule has 2 bridgehead atoms. The number of esters is 1. The fourth-order valence-corrected chi connectivity index (χ4v) is 2.82. The molecule has 2 aliphatic rings. The average molecular weight is 223 g/mol. The first-order chi connectivity index (χ1) is 7.61. The fourth-order valence-electron chi connectivity index (χ4n) is 2.82. The van der Waals surface area contributed by atoms with E-state index in [1.165, 1.54) is 12.8 Å². The van der Waals surface area contributed by atoms with E-state index >= 15 is 0 Å². The highest BCUT2D eigenvalue weighted by Gasteiger charge is 2.39. The van der Waals surface area contributed by atoms with Crippen molar-refractivity contribution < 1.29 is 9.53 Å². The molecule has 2 rings (SSSR count). The molecule has 90 valence electrons. The van der Waals surface area contributed by atoms with E-state index in [0.29, 0.717) is 17.7 Å². The molecule has 2 aliphatic heterocycles. The van der Waals surface area contributed by atoms with Crippen LogP contribution < -0.4 is 0 Å². The lowest BCUT2D eigenvalue weighted by Crippen LogP contribution is -2.43. The molecule has 16 heavy (non-hydrogen) atoms. The number of nitrogens with zero attached hydrogens (tertiary/aromatic N) is 1. The normalized spacial score (nSPS) is 35.2. The van der Waals surface area contributed by atoms with Gasteiger partial charge in [0.2, 0.25) is 0 Å². The van der Waals surface area contributed by atoms with E-state index in [0.717, 1.165) is 12.8 Å². The van der Waals surface area contributed by atoms with E-state index in [1.807, 2.05) is 19.9 Å². The number of carbonyl (C=O) groups is 1. The lowest BCUT2D eigenvalue weighted by Gasteiger charge is -2.35. The molecular formula is C13H21NO2. The molecule has 0 N–H and O–H groups in total. The number of hydrogen-bond acceptors (Lipinski definition) is 3. The lowest BCUT2D eigenvalue weighted by molar-refractivity contribution is -0.147. The Morgan fingerprint density at radius 1 is 1.31 bits per heavy atom. The van der Waals surface area contributed by atoms with Gasteiger partial charge in [-0.1, -0.05) is 6.08 Å². The predicted octanol–water partition coefficient (Wildman–Crippen LogP) is 2.12. The number of allylic oxidation sites excluding steroid dienone is 1. The molecule has 0 amide bonds. The van der Waals surface area contributed by atoms with Crippen LogP contribution >= 0.6 is 0 Å². The minimum absolute atomic E-state index is 0.135. The average Bonchev–Trinajstić information content (AvgIpc) is 2.52. The zero-order valence-electron chi connectivity index (χ0n) is 10.4. The summed E-state index contributed by atoms with van der Waals surface area (Å²) in [6.45, 7) is 3.68. The van der Waals surface area contributed by atoms with Crippen molar-refractivity contribution in [3.63, 3.8) is 0 Å². The molecule has 0 aliphatic carbocycles. The number of fused-ring (bicyclic) bond motifs is 2. The fraction of sp³-hybridized carbons (Fsp3) is 0.769. The molecule has 0 aromatic heterocycles. The van der Waals surface area contributed by atoms with E-state index in [9.17, 15) is 4.79 Å². The Balaban J connectivity index is 1.92. The van der Waals surface area contributed by atoms with E-state index in [2.05, 4.69) is 11.9 Å². The second-order valence-corrected chi connectivity index (χ2v) is 5.02.